The maximum absolute atomic E-state index is 6.50. The van der Waals surface area contributed by atoms with Gasteiger partial charge in [-0.3, -0.25) is 4.98 Å². The molecule has 0 aliphatic rings. The van der Waals surface area contributed by atoms with E-state index < -0.39 is 0 Å². The van der Waals surface area contributed by atoms with E-state index in [2.05, 4.69) is 160 Å². The van der Waals surface area contributed by atoms with Crippen LogP contribution in [0.3, 0.4) is 0 Å². The minimum absolute atomic E-state index is 0.879. The highest BCUT2D eigenvalue weighted by atomic mass is 16.3. The van der Waals surface area contributed by atoms with Crippen LogP contribution in [-0.4, -0.2) is 14.1 Å². The Labute approximate surface area is 280 Å². The van der Waals surface area contributed by atoms with Crippen molar-refractivity contribution in [1.82, 2.24) is 14.1 Å². The highest BCUT2D eigenvalue weighted by molar-refractivity contribution is 6.14. The third-order valence-electron chi connectivity index (χ3n) is 10.2. The van der Waals surface area contributed by atoms with Crippen LogP contribution < -0.4 is 0 Å². The summed E-state index contributed by atoms with van der Waals surface area (Å²) < 4.78 is 11.3. The van der Waals surface area contributed by atoms with Crippen LogP contribution in [0.4, 0.5) is 0 Å². The summed E-state index contributed by atoms with van der Waals surface area (Å²) in [7, 11) is 0. The number of hydrogen-bond acceptors (Lipinski definition) is 2. The van der Waals surface area contributed by atoms with E-state index in [9.17, 15) is 0 Å². The molecule has 0 unspecified atom stereocenters. The van der Waals surface area contributed by atoms with Crippen molar-refractivity contribution < 1.29 is 4.42 Å². The molecule has 0 fully saturated rings. The number of rotatable bonds is 3. The van der Waals surface area contributed by atoms with E-state index in [1.165, 1.54) is 38.1 Å². The molecule has 0 bridgehead atoms. The fourth-order valence-electron chi connectivity index (χ4n) is 8.04. The van der Waals surface area contributed by atoms with Gasteiger partial charge in [0, 0.05) is 55.5 Å². The standard InChI is InChI=1S/C45H27N3O/c1-5-17-38-29(11-1)30-12-2-6-18-39(30)48(38)43-27-45-36(32-14-4-8-21-44(32)49-45)26-34(43)28-22-23-42-35(25-28)31-13-3-7-19-40(31)47(42)41-20-9-16-37-33(41)15-10-24-46-37/h1-27H. The number of hydrogen-bond donors (Lipinski definition) is 0. The third kappa shape index (κ3) is 3.71. The first-order chi connectivity index (χ1) is 24.3. The Hall–Kier alpha value is -6.65. The fraction of sp³-hybridized carbons (Fsp3) is 0. The average Bonchev–Trinajstić information content (AvgIpc) is 3.81. The predicted octanol–water partition coefficient (Wildman–Crippen LogP) is 12.0. The van der Waals surface area contributed by atoms with E-state index in [0.29, 0.717) is 0 Å². The molecule has 0 amide bonds. The van der Waals surface area contributed by atoms with Crippen LogP contribution in [0, 0.1) is 0 Å². The first-order valence-electron chi connectivity index (χ1n) is 16.6. The summed E-state index contributed by atoms with van der Waals surface area (Å²) in [6.07, 6.45) is 1.86. The van der Waals surface area contributed by atoms with Gasteiger partial charge < -0.3 is 13.6 Å². The van der Waals surface area contributed by atoms with Gasteiger partial charge in [-0.2, -0.15) is 0 Å². The Morgan fingerprint density at radius 1 is 0.388 bits per heavy atom. The first kappa shape index (κ1) is 26.4. The molecule has 0 aliphatic heterocycles. The maximum Gasteiger partial charge on any atom is 0.137 e. The first-order valence-corrected chi connectivity index (χ1v) is 16.6. The van der Waals surface area contributed by atoms with Gasteiger partial charge in [0.05, 0.1) is 39.0 Å². The summed E-state index contributed by atoms with van der Waals surface area (Å²) in [5.41, 5.74) is 11.9. The second kappa shape index (κ2) is 9.93. The molecule has 0 spiro atoms. The van der Waals surface area contributed by atoms with Crippen LogP contribution in [0.15, 0.2) is 168 Å². The lowest BCUT2D eigenvalue weighted by Crippen LogP contribution is -1.98. The maximum atomic E-state index is 6.50. The SMILES string of the molecule is c1cc(-n2c3ccccc3c3cc(-c4cc5c(cc4-n4c6ccccc6c6ccccc64)oc4ccccc45)ccc32)c2cccnc2c1. The van der Waals surface area contributed by atoms with Crippen molar-refractivity contribution in [2.45, 2.75) is 0 Å². The topological polar surface area (TPSA) is 35.9 Å². The van der Waals surface area contributed by atoms with Gasteiger partial charge in [0.1, 0.15) is 11.2 Å². The Kier molecular flexibility index (Phi) is 5.35. The third-order valence-corrected chi connectivity index (χ3v) is 10.2. The number of aromatic nitrogens is 3. The van der Waals surface area contributed by atoms with Crippen molar-refractivity contribution in [2.75, 3.05) is 0 Å². The molecular formula is C45H27N3O. The molecule has 49 heavy (non-hydrogen) atoms. The van der Waals surface area contributed by atoms with Gasteiger partial charge in [-0.05, 0) is 72.3 Å². The van der Waals surface area contributed by atoms with Gasteiger partial charge >= 0.3 is 0 Å². The molecule has 11 aromatic rings. The van der Waals surface area contributed by atoms with Crippen LogP contribution in [-0.2, 0) is 0 Å². The molecular weight excluding hydrogens is 599 g/mol. The summed E-state index contributed by atoms with van der Waals surface area (Å²) in [6, 6.07) is 56.5. The van der Waals surface area contributed by atoms with Crippen molar-refractivity contribution in [1.29, 1.82) is 0 Å². The predicted molar refractivity (Wildman–Crippen MR) is 203 cm³/mol. The molecule has 4 nitrogen and oxygen atoms in total. The Bertz CT molecular complexity index is 3060. The summed E-state index contributed by atoms with van der Waals surface area (Å²) in [5.74, 6) is 0. The minimum Gasteiger partial charge on any atom is -0.456 e. The lowest BCUT2D eigenvalue weighted by atomic mass is 9.98. The van der Waals surface area contributed by atoms with Crippen LogP contribution in [0.2, 0.25) is 0 Å². The minimum atomic E-state index is 0.879. The fourth-order valence-corrected chi connectivity index (χ4v) is 8.04. The molecule has 0 saturated heterocycles. The number of para-hydroxylation sites is 4. The quantitative estimate of drug-likeness (QED) is 0.196. The molecule has 11 rings (SSSR count). The highest BCUT2D eigenvalue weighted by Crippen LogP contribution is 2.43. The highest BCUT2D eigenvalue weighted by Gasteiger charge is 2.21. The Morgan fingerprint density at radius 2 is 1.00 bits per heavy atom. The molecule has 7 aromatic carbocycles. The summed E-state index contributed by atoms with van der Waals surface area (Å²) in [6.45, 7) is 0. The van der Waals surface area contributed by atoms with Gasteiger partial charge in [-0.15, -0.1) is 0 Å². The van der Waals surface area contributed by atoms with Crippen molar-refractivity contribution in [2.24, 2.45) is 0 Å². The van der Waals surface area contributed by atoms with Gasteiger partial charge in [0.2, 0.25) is 0 Å². The van der Waals surface area contributed by atoms with E-state index in [0.717, 1.165) is 60.9 Å². The monoisotopic (exact) mass is 625 g/mol. The number of nitrogens with zero attached hydrogens (tertiary/aromatic N) is 3. The van der Waals surface area contributed by atoms with Crippen molar-refractivity contribution in [3.05, 3.63) is 164 Å². The molecule has 228 valence electrons. The smallest absolute Gasteiger partial charge is 0.137 e. The second-order valence-corrected chi connectivity index (χ2v) is 12.8. The van der Waals surface area contributed by atoms with Crippen LogP contribution in [0.1, 0.15) is 0 Å². The van der Waals surface area contributed by atoms with Crippen LogP contribution in [0.5, 0.6) is 0 Å². The van der Waals surface area contributed by atoms with E-state index >= 15 is 0 Å². The van der Waals surface area contributed by atoms with Crippen LogP contribution in [0.25, 0.3) is 99.0 Å². The van der Waals surface area contributed by atoms with Crippen LogP contribution >= 0.6 is 0 Å². The number of fused-ring (bicyclic) bond motifs is 10. The zero-order valence-corrected chi connectivity index (χ0v) is 26.3. The molecule has 4 heteroatoms. The average molecular weight is 626 g/mol. The van der Waals surface area contributed by atoms with Gasteiger partial charge in [0.25, 0.3) is 0 Å². The van der Waals surface area contributed by atoms with Gasteiger partial charge in [-0.1, -0.05) is 84.9 Å². The molecule has 0 N–H and O–H groups in total. The summed E-state index contributed by atoms with van der Waals surface area (Å²) in [4.78, 5) is 4.66. The largest absolute Gasteiger partial charge is 0.456 e. The van der Waals surface area contributed by atoms with E-state index in [1.807, 2.05) is 18.3 Å². The molecule has 0 atom stereocenters. The van der Waals surface area contributed by atoms with Gasteiger partial charge in [0.15, 0.2) is 0 Å². The zero-order chi connectivity index (χ0) is 32.1. The van der Waals surface area contributed by atoms with E-state index in [-0.39, 0.29) is 0 Å². The number of pyridine rings is 1. The normalized spacial score (nSPS) is 12.1. The molecule has 4 aromatic heterocycles. The van der Waals surface area contributed by atoms with Crippen molar-refractivity contribution >= 4 is 76.5 Å². The lowest BCUT2D eigenvalue weighted by Gasteiger charge is -2.15. The van der Waals surface area contributed by atoms with E-state index in [4.69, 9.17) is 4.42 Å². The molecule has 0 saturated carbocycles. The van der Waals surface area contributed by atoms with Crippen molar-refractivity contribution in [3.8, 4) is 22.5 Å². The lowest BCUT2D eigenvalue weighted by molar-refractivity contribution is 0.668. The molecule has 0 aliphatic carbocycles. The zero-order valence-electron chi connectivity index (χ0n) is 26.3. The second-order valence-electron chi connectivity index (χ2n) is 12.8. The Morgan fingerprint density at radius 3 is 1.76 bits per heavy atom. The number of benzene rings is 7. The summed E-state index contributed by atoms with van der Waals surface area (Å²) >= 11 is 0. The van der Waals surface area contributed by atoms with E-state index in [1.54, 1.807) is 0 Å². The Balaban J connectivity index is 1.25. The molecule has 0 radical (unpaired) electrons. The van der Waals surface area contributed by atoms with Crippen molar-refractivity contribution in [3.63, 3.8) is 0 Å². The summed E-state index contributed by atoms with van der Waals surface area (Å²) in [5, 5.41) is 8.25. The number of furan rings is 1. The molecule has 4 heterocycles. The van der Waals surface area contributed by atoms with Gasteiger partial charge in [-0.25, -0.2) is 0 Å².